The molecule has 1 heterocycles. The molecule has 1 aliphatic rings. The lowest BCUT2D eigenvalue weighted by Gasteiger charge is -2.35. The molecule has 0 bridgehead atoms. The number of hydrazine groups is 1. The van der Waals surface area contributed by atoms with Gasteiger partial charge in [0, 0.05) is 6.04 Å². The number of para-hydroxylation sites is 1. The van der Waals surface area contributed by atoms with E-state index in [-0.39, 0.29) is 0 Å². The lowest BCUT2D eigenvalue weighted by atomic mass is 9.94. The zero-order chi connectivity index (χ0) is 10.7. The Labute approximate surface area is 92.1 Å². The van der Waals surface area contributed by atoms with Crippen LogP contribution in [0.2, 0.25) is 0 Å². The first kappa shape index (κ1) is 10.5. The van der Waals surface area contributed by atoms with Crippen molar-refractivity contribution in [1.29, 1.82) is 0 Å². The number of rotatable bonds is 3. The number of fused-ring (bicyclic) bond motifs is 1. The summed E-state index contributed by atoms with van der Waals surface area (Å²) in [7, 11) is 0. The van der Waals surface area contributed by atoms with Gasteiger partial charge >= 0.3 is 0 Å². The van der Waals surface area contributed by atoms with Gasteiger partial charge in [0.2, 0.25) is 0 Å². The predicted molar refractivity (Wildman–Crippen MR) is 64.7 cm³/mol. The minimum atomic E-state index is 0.542. The van der Waals surface area contributed by atoms with Crippen LogP contribution in [-0.4, -0.2) is 6.04 Å². The summed E-state index contributed by atoms with van der Waals surface area (Å²) in [5, 5.41) is 1.98. The number of nitrogens with zero attached hydrogens (tertiary/aromatic N) is 1. The molecule has 0 saturated carbocycles. The fourth-order valence-electron chi connectivity index (χ4n) is 2.36. The lowest BCUT2D eigenvalue weighted by Crippen LogP contribution is -2.44. The Morgan fingerprint density at radius 1 is 1.40 bits per heavy atom. The summed E-state index contributed by atoms with van der Waals surface area (Å²) in [6, 6.07) is 9.03. The predicted octanol–water partition coefficient (Wildman–Crippen LogP) is 2.87. The molecule has 1 aromatic rings. The smallest absolute Gasteiger partial charge is 0.0552 e. The van der Waals surface area contributed by atoms with Gasteiger partial charge in [-0.2, -0.15) is 0 Å². The van der Waals surface area contributed by atoms with E-state index in [4.69, 9.17) is 5.84 Å². The van der Waals surface area contributed by atoms with E-state index in [9.17, 15) is 0 Å². The van der Waals surface area contributed by atoms with E-state index >= 15 is 0 Å². The van der Waals surface area contributed by atoms with Crippen molar-refractivity contribution in [1.82, 2.24) is 0 Å². The van der Waals surface area contributed by atoms with Crippen molar-refractivity contribution in [3.05, 3.63) is 29.8 Å². The SMILES string of the molecule is CCCC[C@H]1CCc2ccccc2N1N. The molecule has 15 heavy (non-hydrogen) atoms. The Morgan fingerprint density at radius 3 is 3.00 bits per heavy atom. The van der Waals surface area contributed by atoms with Crippen LogP contribution in [0.3, 0.4) is 0 Å². The topological polar surface area (TPSA) is 29.3 Å². The van der Waals surface area contributed by atoms with Gasteiger partial charge < -0.3 is 5.01 Å². The van der Waals surface area contributed by atoms with Gasteiger partial charge in [0.25, 0.3) is 0 Å². The van der Waals surface area contributed by atoms with E-state index in [1.807, 2.05) is 5.01 Å². The molecule has 1 aliphatic heterocycles. The first-order valence-electron chi connectivity index (χ1n) is 5.94. The average Bonchev–Trinajstić information content (AvgIpc) is 2.29. The van der Waals surface area contributed by atoms with Crippen molar-refractivity contribution in [3.63, 3.8) is 0 Å². The van der Waals surface area contributed by atoms with Crippen LogP contribution in [-0.2, 0) is 6.42 Å². The van der Waals surface area contributed by atoms with Crippen LogP contribution in [0.15, 0.2) is 24.3 Å². The summed E-state index contributed by atoms with van der Waals surface area (Å²) >= 11 is 0. The molecule has 0 aromatic heterocycles. The highest BCUT2D eigenvalue weighted by molar-refractivity contribution is 5.55. The maximum absolute atomic E-state index is 6.16. The Morgan fingerprint density at radius 2 is 2.20 bits per heavy atom. The summed E-state index contributed by atoms with van der Waals surface area (Å²) in [5.74, 6) is 6.16. The molecular formula is C13H20N2. The van der Waals surface area contributed by atoms with E-state index < -0.39 is 0 Å². The van der Waals surface area contributed by atoms with E-state index in [0.717, 1.165) is 0 Å². The molecule has 0 spiro atoms. The molecule has 0 aliphatic carbocycles. The molecule has 0 amide bonds. The zero-order valence-electron chi connectivity index (χ0n) is 9.45. The van der Waals surface area contributed by atoms with Gasteiger partial charge in [-0.15, -0.1) is 0 Å². The molecule has 0 radical (unpaired) electrons. The van der Waals surface area contributed by atoms with Gasteiger partial charge in [-0.1, -0.05) is 38.0 Å². The van der Waals surface area contributed by atoms with Crippen LogP contribution in [0.5, 0.6) is 0 Å². The van der Waals surface area contributed by atoms with Crippen molar-refractivity contribution in [2.45, 2.75) is 45.1 Å². The standard InChI is InChI=1S/C13H20N2/c1-2-3-7-12-10-9-11-6-4-5-8-13(11)15(12)14/h4-6,8,12H,2-3,7,9-10,14H2,1H3/t12-/m0/s1. The molecule has 1 atom stereocenters. The molecular weight excluding hydrogens is 184 g/mol. The molecule has 0 unspecified atom stereocenters. The van der Waals surface area contributed by atoms with E-state index in [0.29, 0.717) is 6.04 Å². The third-order valence-corrected chi connectivity index (χ3v) is 3.30. The minimum absolute atomic E-state index is 0.542. The Kier molecular flexibility index (Phi) is 3.27. The molecule has 0 saturated heterocycles. The normalized spacial score (nSPS) is 20.1. The molecule has 2 N–H and O–H groups in total. The zero-order valence-corrected chi connectivity index (χ0v) is 9.45. The Bertz CT molecular complexity index is 322. The molecule has 82 valence electrons. The largest absolute Gasteiger partial charge is 0.308 e. The number of nitrogens with two attached hydrogens (primary N) is 1. The summed E-state index contributed by atoms with van der Waals surface area (Å²) in [5.41, 5.74) is 2.62. The molecule has 2 rings (SSSR count). The summed E-state index contributed by atoms with van der Waals surface area (Å²) < 4.78 is 0. The van der Waals surface area contributed by atoms with E-state index in [1.54, 1.807) is 0 Å². The van der Waals surface area contributed by atoms with E-state index in [2.05, 4.69) is 31.2 Å². The van der Waals surface area contributed by atoms with Crippen LogP contribution >= 0.6 is 0 Å². The number of aryl methyl sites for hydroxylation is 1. The molecule has 2 nitrogen and oxygen atoms in total. The molecule has 0 fully saturated rings. The monoisotopic (exact) mass is 204 g/mol. The van der Waals surface area contributed by atoms with Gasteiger partial charge in [0.1, 0.15) is 0 Å². The van der Waals surface area contributed by atoms with Gasteiger partial charge in [-0.05, 0) is 30.9 Å². The van der Waals surface area contributed by atoms with Crippen molar-refractivity contribution >= 4 is 5.69 Å². The van der Waals surface area contributed by atoms with Crippen LogP contribution in [0, 0.1) is 0 Å². The number of unbranched alkanes of at least 4 members (excludes halogenated alkanes) is 1. The van der Waals surface area contributed by atoms with Crippen molar-refractivity contribution in [3.8, 4) is 0 Å². The van der Waals surface area contributed by atoms with Crippen molar-refractivity contribution in [2.75, 3.05) is 5.01 Å². The van der Waals surface area contributed by atoms with Crippen molar-refractivity contribution < 1.29 is 0 Å². The third-order valence-electron chi connectivity index (χ3n) is 3.30. The maximum atomic E-state index is 6.16. The highest BCUT2D eigenvalue weighted by atomic mass is 15.4. The van der Waals surface area contributed by atoms with Crippen molar-refractivity contribution in [2.24, 2.45) is 5.84 Å². The van der Waals surface area contributed by atoms with Crippen LogP contribution in [0.25, 0.3) is 0 Å². The second-order valence-corrected chi connectivity index (χ2v) is 4.37. The number of hydrogen-bond acceptors (Lipinski definition) is 2. The number of benzene rings is 1. The summed E-state index contributed by atoms with van der Waals surface area (Å²) in [6.07, 6.45) is 6.14. The first-order valence-corrected chi connectivity index (χ1v) is 5.94. The van der Waals surface area contributed by atoms with E-state index in [1.165, 1.54) is 43.4 Å². The average molecular weight is 204 g/mol. The second kappa shape index (κ2) is 4.67. The second-order valence-electron chi connectivity index (χ2n) is 4.37. The van der Waals surface area contributed by atoms with Gasteiger partial charge in [0.05, 0.1) is 5.69 Å². The minimum Gasteiger partial charge on any atom is -0.308 e. The van der Waals surface area contributed by atoms with Gasteiger partial charge in [0.15, 0.2) is 0 Å². The van der Waals surface area contributed by atoms with Crippen LogP contribution in [0.4, 0.5) is 5.69 Å². The third kappa shape index (κ3) is 2.15. The van der Waals surface area contributed by atoms with Crippen LogP contribution < -0.4 is 10.9 Å². The highest BCUT2D eigenvalue weighted by Gasteiger charge is 2.22. The van der Waals surface area contributed by atoms with Gasteiger partial charge in [-0.25, -0.2) is 5.84 Å². The lowest BCUT2D eigenvalue weighted by molar-refractivity contribution is 0.485. The summed E-state index contributed by atoms with van der Waals surface area (Å²) in [6.45, 7) is 2.23. The Balaban J connectivity index is 2.11. The molecule has 2 heteroatoms. The number of anilines is 1. The fraction of sp³-hybridized carbons (Fsp3) is 0.538. The van der Waals surface area contributed by atoms with Crippen LogP contribution in [0.1, 0.15) is 38.2 Å². The quantitative estimate of drug-likeness (QED) is 0.767. The fourth-order valence-corrected chi connectivity index (χ4v) is 2.36. The highest BCUT2D eigenvalue weighted by Crippen LogP contribution is 2.29. The van der Waals surface area contributed by atoms with Gasteiger partial charge in [-0.3, -0.25) is 0 Å². The first-order chi connectivity index (χ1) is 7.33. The molecule has 1 aromatic carbocycles. The Hall–Kier alpha value is -1.02. The number of hydrogen-bond donors (Lipinski definition) is 1. The summed E-state index contributed by atoms with van der Waals surface area (Å²) in [4.78, 5) is 0. The maximum Gasteiger partial charge on any atom is 0.0552 e.